The molecule has 0 radical (unpaired) electrons. The zero-order chi connectivity index (χ0) is 16.2. The smallest absolute Gasteiger partial charge is 0.285 e. The molecule has 1 aromatic rings. The molecule has 1 amide bonds. The maximum atomic E-state index is 13.3. The normalized spacial score (nSPS) is 10.8. The Balaban J connectivity index is 3.26. The van der Waals surface area contributed by atoms with Crippen LogP contribution in [0.25, 0.3) is 0 Å². The molecular formula is C13H16F2N2O4. The van der Waals surface area contributed by atoms with Gasteiger partial charge < -0.3 is 10.0 Å². The Bertz CT molecular complexity index is 549. The lowest BCUT2D eigenvalue weighted by Crippen LogP contribution is -2.38. The van der Waals surface area contributed by atoms with Crippen molar-refractivity contribution in [3.8, 4) is 0 Å². The number of aliphatic hydroxyl groups excluding tert-OH is 1. The number of nitro groups is 1. The van der Waals surface area contributed by atoms with Crippen molar-refractivity contribution in [2.45, 2.75) is 26.3 Å². The van der Waals surface area contributed by atoms with E-state index in [0.717, 1.165) is 0 Å². The summed E-state index contributed by atoms with van der Waals surface area (Å²) in [5.41, 5.74) is -1.29. The van der Waals surface area contributed by atoms with E-state index in [9.17, 15) is 23.7 Å². The predicted octanol–water partition coefficient (Wildman–Crippen LogP) is 2.11. The summed E-state index contributed by atoms with van der Waals surface area (Å²) < 4.78 is 26.4. The van der Waals surface area contributed by atoms with Crippen LogP contribution in [0, 0.1) is 21.7 Å². The lowest BCUT2D eigenvalue weighted by atomic mass is 10.1. The number of halogens is 2. The number of rotatable bonds is 6. The Labute approximate surface area is 120 Å². The zero-order valence-corrected chi connectivity index (χ0v) is 11.7. The third-order valence-electron chi connectivity index (χ3n) is 2.91. The van der Waals surface area contributed by atoms with Gasteiger partial charge in [-0.3, -0.25) is 14.9 Å². The van der Waals surface area contributed by atoms with E-state index in [1.54, 1.807) is 13.8 Å². The average Bonchev–Trinajstić information content (AvgIpc) is 2.40. The molecule has 0 spiro atoms. The number of carbonyl (C=O) groups is 1. The molecule has 1 N–H and O–H groups in total. The van der Waals surface area contributed by atoms with Gasteiger partial charge in [0.2, 0.25) is 0 Å². The molecule has 0 unspecified atom stereocenters. The molecule has 0 fully saturated rings. The Morgan fingerprint density at radius 2 is 1.95 bits per heavy atom. The minimum Gasteiger partial charge on any atom is -0.396 e. The summed E-state index contributed by atoms with van der Waals surface area (Å²) in [7, 11) is 0. The van der Waals surface area contributed by atoms with Gasteiger partial charge in [-0.05, 0) is 26.3 Å². The van der Waals surface area contributed by atoms with E-state index in [-0.39, 0.29) is 25.6 Å². The van der Waals surface area contributed by atoms with E-state index < -0.39 is 33.7 Å². The summed E-state index contributed by atoms with van der Waals surface area (Å²) in [5.74, 6) is -3.48. The van der Waals surface area contributed by atoms with Crippen LogP contribution in [0.4, 0.5) is 14.5 Å². The second kappa shape index (κ2) is 7.07. The van der Waals surface area contributed by atoms with Crippen LogP contribution < -0.4 is 0 Å². The van der Waals surface area contributed by atoms with E-state index in [1.807, 2.05) is 0 Å². The molecule has 0 bridgehead atoms. The summed E-state index contributed by atoms with van der Waals surface area (Å²) in [6, 6.07) is 0.619. The van der Waals surface area contributed by atoms with E-state index in [1.165, 1.54) is 4.90 Å². The van der Waals surface area contributed by atoms with Crippen LogP contribution in [0.15, 0.2) is 12.1 Å². The molecule has 0 aliphatic carbocycles. The number of hydrogen-bond acceptors (Lipinski definition) is 4. The fourth-order valence-corrected chi connectivity index (χ4v) is 1.85. The van der Waals surface area contributed by atoms with Gasteiger partial charge in [0.05, 0.1) is 11.0 Å². The van der Waals surface area contributed by atoms with Crippen molar-refractivity contribution >= 4 is 11.6 Å². The first-order chi connectivity index (χ1) is 9.79. The summed E-state index contributed by atoms with van der Waals surface area (Å²) >= 11 is 0. The lowest BCUT2D eigenvalue weighted by Gasteiger charge is -2.26. The Kier molecular flexibility index (Phi) is 5.71. The first-order valence-electron chi connectivity index (χ1n) is 6.34. The molecule has 0 aliphatic heterocycles. The SMILES string of the molecule is CC(C)N(CCCO)C(=O)c1cc(F)c(F)cc1[N+](=O)[O-]. The highest BCUT2D eigenvalue weighted by Crippen LogP contribution is 2.24. The van der Waals surface area contributed by atoms with Gasteiger partial charge >= 0.3 is 0 Å². The molecule has 21 heavy (non-hydrogen) atoms. The minimum absolute atomic E-state index is 0.156. The van der Waals surface area contributed by atoms with Crippen molar-refractivity contribution in [1.29, 1.82) is 0 Å². The topological polar surface area (TPSA) is 83.7 Å². The van der Waals surface area contributed by atoms with Crippen LogP contribution in [0.3, 0.4) is 0 Å². The molecule has 0 saturated heterocycles. The molecule has 0 atom stereocenters. The molecular weight excluding hydrogens is 286 g/mol. The average molecular weight is 302 g/mol. The van der Waals surface area contributed by atoms with Gasteiger partial charge in [0, 0.05) is 19.2 Å². The molecule has 0 aromatic heterocycles. The van der Waals surface area contributed by atoms with Crippen molar-refractivity contribution in [2.75, 3.05) is 13.2 Å². The quantitative estimate of drug-likeness (QED) is 0.644. The van der Waals surface area contributed by atoms with Gasteiger partial charge in [0.1, 0.15) is 5.56 Å². The first-order valence-corrected chi connectivity index (χ1v) is 6.34. The highest BCUT2D eigenvalue weighted by atomic mass is 19.2. The zero-order valence-electron chi connectivity index (χ0n) is 11.7. The third-order valence-corrected chi connectivity index (χ3v) is 2.91. The second-order valence-corrected chi connectivity index (χ2v) is 4.71. The van der Waals surface area contributed by atoms with Gasteiger partial charge in [-0.15, -0.1) is 0 Å². The number of amides is 1. The molecule has 6 nitrogen and oxygen atoms in total. The maximum Gasteiger partial charge on any atom is 0.285 e. The number of nitrogens with zero attached hydrogens (tertiary/aromatic N) is 2. The van der Waals surface area contributed by atoms with E-state index >= 15 is 0 Å². The minimum atomic E-state index is -1.38. The Hall–Kier alpha value is -2.09. The van der Waals surface area contributed by atoms with Crippen LogP contribution in [0.2, 0.25) is 0 Å². The molecule has 0 heterocycles. The summed E-state index contributed by atoms with van der Waals surface area (Å²) in [4.78, 5) is 23.6. The van der Waals surface area contributed by atoms with E-state index in [4.69, 9.17) is 5.11 Å². The van der Waals surface area contributed by atoms with Crippen LogP contribution >= 0.6 is 0 Å². The lowest BCUT2D eigenvalue weighted by molar-refractivity contribution is -0.385. The Morgan fingerprint density at radius 1 is 1.38 bits per heavy atom. The van der Waals surface area contributed by atoms with Crippen LogP contribution in [0.1, 0.15) is 30.6 Å². The number of benzene rings is 1. The molecule has 8 heteroatoms. The number of carbonyl (C=O) groups excluding carboxylic acids is 1. The van der Waals surface area contributed by atoms with Crippen molar-refractivity contribution in [1.82, 2.24) is 4.90 Å². The standard InChI is InChI=1S/C13H16F2N2O4/c1-8(2)16(4-3-5-18)13(19)9-6-10(14)11(15)7-12(9)17(20)21/h6-8,18H,3-5H2,1-2H3. The number of nitro benzene ring substituents is 1. The predicted molar refractivity (Wildman–Crippen MR) is 70.9 cm³/mol. The van der Waals surface area contributed by atoms with Gasteiger partial charge in [0.25, 0.3) is 11.6 Å². The summed E-state index contributed by atoms with van der Waals surface area (Å²) in [6.07, 6.45) is 0.279. The molecule has 0 aliphatic rings. The monoisotopic (exact) mass is 302 g/mol. The highest BCUT2D eigenvalue weighted by Gasteiger charge is 2.28. The van der Waals surface area contributed by atoms with Crippen molar-refractivity contribution in [3.63, 3.8) is 0 Å². The second-order valence-electron chi connectivity index (χ2n) is 4.71. The van der Waals surface area contributed by atoms with Gasteiger partial charge in [-0.25, -0.2) is 8.78 Å². The maximum absolute atomic E-state index is 13.3. The summed E-state index contributed by atoms with van der Waals surface area (Å²) in [6.45, 7) is 3.36. The van der Waals surface area contributed by atoms with Crippen molar-refractivity contribution in [3.05, 3.63) is 39.4 Å². The first kappa shape index (κ1) is 17.0. The van der Waals surface area contributed by atoms with E-state index in [0.29, 0.717) is 12.1 Å². The number of hydrogen-bond donors (Lipinski definition) is 1. The third kappa shape index (κ3) is 3.94. The molecule has 116 valence electrons. The fourth-order valence-electron chi connectivity index (χ4n) is 1.85. The summed E-state index contributed by atoms with van der Waals surface area (Å²) in [5, 5.41) is 19.7. The molecule has 1 aromatic carbocycles. The van der Waals surface area contributed by atoms with Crippen LogP contribution in [-0.4, -0.2) is 40.0 Å². The molecule has 1 rings (SSSR count). The highest BCUT2D eigenvalue weighted by molar-refractivity contribution is 5.98. The number of aliphatic hydroxyl groups is 1. The van der Waals surface area contributed by atoms with Crippen molar-refractivity contribution < 1.29 is 23.6 Å². The fraction of sp³-hybridized carbons (Fsp3) is 0.462. The van der Waals surface area contributed by atoms with E-state index in [2.05, 4.69) is 0 Å². The van der Waals surface area contributed by atoms with Gasteiger partial charge in [-0.2, -0.15) is 0 Å². The van der Waals surface area contributed by atoms with Gasteiger partial charge in [0.15, 0.2) is 11.6 Å². The van der Waals surface area contributed by atoms with Crippen LogP contribution in [0.5, 0.6) is 0 Å². The largest absolute Gasteiger partial charge is 0.396 e. The van der Waals surface area contributed by atoms with Gasteiger partial charge in [-0.1, -0.05) is 0 Å². The van der Waals surface area contributed by atoms with Crippen molar-refractivity contribution in [2.24, 2.45) is 0 Å². The molecule has 0 saturated carbocycles. The Morgan fingerprint density at radius 3 is 2.43 bits per heavy atom. The van der Waals surface area contributed by atoms with Crippen LogP contribution in [-0.2, 0) is 0 Å².